The summed E-state index contributed by atoms with van der Waals surface area (Å²) in [5.41, 5.74) is 1.91. The van der Waals surface area contributed by atoms with Crippen molar-refractivity contribution in [2.24, 2.45) is 12.0 Å². The van der Waals surface area contributed by atoms with Crippen molar-refractivity contribution in [3.8, 4) is 11.5 Å². The number of aryl methyl sites for hydroxylation is 1. The highest BCUT2D eigenvalue weighted by Crippen LogP contribution is 2.35. The van der Waals surface area contributed by atoms with Gasteiger partial charge < -0.3 is 18.5 Å². The summed E-state index contributed by atoms with van der Waals surface area (Å²) >= 11 is 1.37. The summed E-state index contributed by atoms with van der Waals surface area (Å²) in [6.07, 6.45) is 0. The zero-order chi connectivity index (χ0) is 19.3. The first-order valence-electron chi connectivity index (χ1n) is 8.65. The van der Waals surface area contributed by atoms with E-state index in [2.05, 4.69) is 4.99 Å². The Morgan fingerprint density at radius 2 is 1.89 bits per heavy atom. The van der Waals surface area contributed by atoms with Crippen molar-refractivity contribution in [1.29, 1.82) is 0 Å². The standard InChI is InChI=1S/C19H15N3O5S/c1-21-12-8-14-15(26-7-6-25-14)9-16(12)28-18(21)20-17(23)10-22-11-4-2-3-5-13(11)27-19(22)24/h2-5,8-9H,6-7,10H2,1H3. The number of oxazole rings is 1. The number of hydrogen-bond acceptors (Lipinski definition) is 6. The van der Waals surface area contributed by atoms with Crippen molar-refractivity contribution in [2.75, 3.05) is 13.2 Å². The van der Waals surface area contributed by atoms with Gasteiger partial charge in [-0.3, -0.25) is 9.36 Å². The summed E-state index contributed by atoms with van der Waals surface area (Å²) in [5.74, 6) is 0.358. The van der Waals surface area contributed by atoms with Gasteiger partial charge in [0.25, 0.3) is 5.91 Å². The molecule has 0 radical (unpaired) electrons. The molecule has 2 aromatic heterocycles. The van der Waals surface area contributed by atoms with E-state index in [1.807, 2.05) is 23.7 Å². The van der Waals surface area contributed by atoms with Gasteiger partial charge in [-0.1, -0.05) is 23.5 Å². The minimum Gasteiger partial charge on any atom is -0.486 e. The van der Waals surface area contributed by atoms with Crippen molar-refractivity contribution >= 4 is 38.6 Å². The Kier molecular flexibility index (Phi) is 3.83. The number of carbonyl (C=O) groups is 1. The number of hydrogen-bond donors (Lipinski definition) is 0. The van der Waals surface area contributed by atoms with Gasteiger partial charge in [0.2, 0.25) is 0 Å². The third-order valence-electron chi connectivity index (χ3n) is 4.56. The lowest BCUT2D eigenvalue weighted by atomic mass is 10.3. The number of benzene rings is 2. The average molecular weight is 397 g/mol. The molecule has 0 aliphatic carbocycles. The van der Waals surface area contributed by atoms with Crippen LogP contribution in [0.25, 0.3) is 21.3 Å². The first kappa shape index (κ1) is 16.8. The molecule has 9 heteroatoms. The number of nitrogens with zero attached hydrogens (tertiary/aromatic N) is 3. The zero-order valence-electron chi connectivity index (χ0n) is 14.9. The second-order valence-corrected chi connectivity index (χ2v) is 7.34. The highest BCUT2D eigenvalue weighted by Gasteiger charge is 2.16. The molecular formula is C19H15N3O5S. The number of carbonyl (C=O) groups excluding carboxylic acids is 1. The summed E-state index contributed by atoms with van der Waals surface area (Å²) in [7, 11) is 1.83. The molecule has 0 bridgehead atoms. The maximum atomic E-state index is 12.5. The summed E-state index contributed by atoms with van der Waals surface area (Å²) in [6.45, 7) is 0.835. The van der Waals surface area contributed by atoms with Crippen LogP contribution in [0.1, 0.15) is 0 Å². The SMILES string of the molecule is Cn1c(=NC(=O)Cn2c(=O)oc3ccccc32)sc2cc3c(cc21)OCCO3. The molecule has 0 fully saturated rings. The number of ether oxygens (including phenoxy) is 2. The number of rotatable bonds is 2. The third-order valence-corrected chi connectivity index (χ3v) is 5.66. The molecule has 5 rings (SSSR count). The monoisotopic (exact) mass is 397 g/mol. The molecule has 0 spiro atoms. The van der Waals surface area contributed by atoms with Gasteiger partial charge in [0.05, 0.1) is 15.7 Å². The van der Waals surface area contributed by atoms with E-state index < -0.39 is 11.7 Å². The molecule has 8 nitrogen and oxygen atoms in total. The highest BCUT2D eigenvalue weighted by molar-refractivity contribution is 7.16. The number of fused-ring (bicyclic) bond motifs is 3. The Labute approximate surface area is 161 Å². The maximum absolute atomic E-state index is 12.5. The quantitative estimate of drug-likeness (QED) is 0.517. The Hall–Kier alpha value is -3.33. The molecule has 1 aliphatic rings. The predicted octanol–water partition coefficient (Wildman–Crippen LogP) is 2.05. The van der Waals surface area contributed by atoms with Crippen LogP contribution >= 0.6 is 11.3 Å². The molecule has 2 aromatic carbocycles. The molecule has 0 saturated heterocycles. The summed E-state index contributed by atoms with van der Waals surface area (Å²) in [6, 6.07) is 10.8. The Bertz CT molecular complexity index is 1360. The summed E-state index contributed by atoms with van der Waals surface area (Å²) in [5, 5.41) is 0. The van der Waals surface area contributed by atoms with E-state index in [4.69, 9.17) is 13.9 Å². The first-order chi connectivity index (χ1) is 13.6. The molecular weight excluding hydrogens is 382 g/mol. The van der Waals surface area contributed by atoms with Gasteiger partial charge in [-0.15, -0.1) is 0 Å². The molecule has 1 aliphatic heterocycles. The van der Waals surface area contributed by atoms with Gasteiger partial charge in [-0.2, -0.15) is 4.99 Å². The summed E-state index contributed by atoms with van der Waals surface area (Å²) in [4.78, 5) is 29.3. The number of para-hydroxylation sites is 2. The zero-order valence-corrected chi connectivity index (χ0v) is 15.7. The van der Waals surface area contributed by atoms with Gasteiger partial charge in [0.15, 0.2) is 21.9 Å². The number of aromatic nitrogens is 2. The van der Waals surface area contributed by atoms with Crippen LogP contribution in [0, 0.1) is 0 Å². The van der Waals surface area contributed by atoms with Gasteiger partial charge in [0, 0.05) is 19.2 Å². The second kappa shape index (κ2) is 6.38. The van der Waals surface area contributed by atoms with Crippen molar-refractivity contribution < 1.29 is 18.7 Å². The van der Waals surface area contributed by atoms with Crippen molar-refractivity contribution in [3.63, 3.8) is 0 Å². The van der Waals surface area contributed by atoms with Crippen LogP contribution in [0.15, 0.2) is 50.6 Å². The van der Waals surface area contributed by atoms with Crippen molar-refractivity contribution in [3.05, 3.63) is 51.8 Å². The van der Waals surface area contributed by atoms with Crippen LogP contribution in [-0.4, -0.2) is 28.3 Å². The molecule has 0 unspecified atom stereocenters. The van der Waals surface area contributed by atoms with E-state index in [-0.39, 0.29) is 6.54 Å². The summed E-state index contributed by atoms with van der Waals surface area (Å²) < 4.78 is 20.4. The number of amides is 1. The molecule has 4 aromatic rings. The fourth-order valence-corrected chi connectivity index (χ4v) is 4.26. The topological polar surface area (TPSA) is 88.0 Å². The average Bonchev–Trinajstić information content (AvgIpc) is 3.17. The van der Waals surface area contributed by atoms with E-state index in [0.717, 1.165) is 10.2 Å². The van der Waals surface area contributed by atoms with E-state index in [1.165, 1.54) is 15.9 Å². The normalized spacial score (nSPS) is 14.1. The lowest BCUT2D eigenvalue weighted by Crippen LogP contribution is -2.21. The smallest absolute Gasteiger partial charge is 0.420 e. The van der Waals surface area contributed by atoms with Gasteiger partial charge in [-0.25, -0.2) is 4.79 Å². The first-order valence-corrected chi connectivity index (χ1v) is 9.47. The number of thiazole rings is 1. The Balaban J connectivity index is 1.54. The lowest BCUT2D eigenvalue weighted by molar-refractivity contribution is -0.118. The molecule has 1 amide bonds. The van der Waals surface area contributed by atoms with E-state index >= 15 is 0 Å². The van der Waals surface area contributed by atoms with Crippen LogP contribution in [0.4, 0.5) is 0 Å². The maximum Gasteiger partial charge on any atom is 0.420 e. The van der Waals surface area contributed by atoms with Crippen molar-refractivity contribution in [2.45, 2.75) is 6.54 Å². The van der Waals surface area contributed by atoms with Crippen LogP contribution in [0.2, 0.25) is 0 Å². The van der Waals surface area contributed by atoms with Gasteiger partial charge >= 0.3 is 5.76 Å². The predicted molar refractivity (Wildman–Crippen MR) is 103 cm³/mol. The third kappa shape index (κ3) is 2.71. The molecule has 142 valence electrons. The molecule has 28 heavy (non-hydrogen) atoms. The molecule has 0 atom stereocenters. The fourth-order valence-electron chi connectivity index (χ4n) is 3.21. The largest absolute Gasteiger partial charge is 0.486 e. The minimum atomic E-state index is -0.576. The van der Waals surface area contributed by atoms with Crippen LogP contribution in [0.3, 0.4) is 0 Å². The van der Waals surface area contributed by atoms with E-state index in [9.17, 15) is 9.59 Å². The van der Waals surface area contributed by atoms with Crippen LogP contribution in [0.5, 0.6) is 11.5 Å². The molecule has 0 saturated carbocycles. The van der Waals surface area contributed by atoms with E-state index in [0.29, 0.717) is 40.6 Å². The van der Waals surface area contributed by atoms with Crippen molar-refractivity contribution in [1.82, 2.24) is 9.13 Å². The molecule has 0 N–H and O–H groups in total. The second-order valence-electron chi connectivity index (χ2n) is 6.33. The minimum absolute atomic E-state index is 0.188. The van der Waals surface area contributed by atoms with Gasteiger partial charge in [-0.05, 0) is 12.1 Å². The Morgan fingerprint density at radius 1 is 1.14 bits per heavy atom. The van der Waals surface area contributed by atoms with Gasteiger partial charge in [0.1, 0.15) is 19.8 Å². The van der Waals surface area contributed by atoms with Crippen LogP contribution < -0.4 is 20.0 Å². The Morgan fingerprint density at radius 3 is 2.71 bits per heavy atom. The van der Waals surface area contributed by atoms with E-state index in [1.54, 1.807) is 24.3 Å². The fraction of sp³-hybridized carbons (Fsp3) is 0.211. The lowest BCUT2D eigenvalue weighted by Gasteiger charge is -2.18. The molecule has 3 heterocycles. The highest BCUT2D eigenvalue weighted by atomic mass is 32.1. The van der Waals surface area contributed by atoms with Crippen LogP contribution in [-0.2, 0) is 18.4 Å².